The minimum Gasteiger partial charge on any atom is -0.384 e. The van der Waals surface area contributed by atoms with Crippen LogP contribution in [-0.2, 0) is 0 Å². The molecule has 0 aliphatic carbocycles. The Bertz CT molecular complexity index is 916. The highest BCUT2D eigenvalue weighted by Crippen LogP contribution is 2.24. The van der Waals surface area contributed by atoms with Crippen molar-refractivity contribution in [3.63, 3.8) is 0 Å². The number of aromatic nitrogens is 1. The number of nitrogens with two attached hydrogens (primary N) is 1. The number of pyridine rings is 1. The second kappa shape index (κ2) is 7.98. The van der Waals surface area contributed by atoms with Gasteiger partial charge >= 0.3 is 0 Å². The Hall–Kier alpha value is -2.32. The SMILES string of the molecule is Nc1ccc2c(Br)cccc2n1.O=Cc1c(Br)cccc1[N+](=O)[O-]. The van der Waals surface area contributed by atoms with Gasteiger partial charge in [0.25, 0.3) is 5.69 Å². The van der Waals surface area contributed by atoms with Gasteiger partial charge in [0.05, 0.1) is 10.4 Å². The van der Waals surface area contributed by atoms with Crippen molar-refractivity contribution < 1.29 is 9.72 Å². The highest BCUT2D eigenvalue weighted by atomic mass is 79.9. The van der Waals surface area contributed by atoms with Crippen LogP contribution in [0.3, 0.4) is 0 Å². The summed E-state index contributed by atoms with van der Waals surface area (Å²) in [5, 5.41) is 11.4. The lowest BCUT2D eigenvalue weighted by molar-refractivity contribution is -0.385. The molecule has 0 aliphatic rings. The summed E-state index contributed by atoms with van der Waals surface area (Å²) in [5.74, 6) is 0.556. The average molecular weight is 453 g/mol. The summed E-state index contributed by atoms with van der Waals surface area (Å²) in [6.07, 6.45) is 0.461. The second-order valence-electron chi connectivity index (χ2n) is 4.59. The molecule has 0 saturated carbocycles. The number of benzene rings is 2. The van der Waals surface area contributed by atoms with Gasteiger partial charge in [-0.15, -0.1) is 0 Å². The smallest absolute Gasteiger partial charge is 0.281 e. The van der Waals surface area contributed by atoms with E-state index in [4.69, 9.17) is 5.73 Å². The van der Waals surface area contributed by atoms with Crippen LogP contribution in [-0.4, -0.2) is 16.2 Å². The standard InChI is InChI=1S/C9H7BrN2.C7H4BrNO3/c10-7-2-1-3-8-6(7)4-5-9(11)12-8;8-6-2-1-3-7(9(11)12)5(6)4-10/h1-5H,(H2,11,12);1-4H. The first-order valence-electron chi connectivity index (χ1n) is 6.63. The normalized spacial score (nSPS) is 9.92. The van der Waals surface area contributed by atoms with Crippen molar-refractivity contribution in [2.24, 2.45) is 0 Å². The predicted octanol–water partition coefficient (Wildman–Crippen LogP) is 4.75. The molecule has 1 heterocycles. The summed E-state index contributed by atoms with van der Waals surface area (Å²) >= 11 is 6.48. The first kappa shape index (κ1) is 18.0. The van der Waals surface area contributed by atoms with E-state index in [1.54, 1.807) is 12.1 Å². The highest BCUT2D eigenvalue weighted by molar-refractivity contribution is 9.11. The number of nitrogen functional groups attached to an aromatic ring is 1. The number of carbonyl (C=O) groups excluding carboxylic acids is 1. The molecule has 0 atom stereocenters. The van der Waals surface area contributed by atoms with Gasteiger partial charge in [-0.3, -0.25) is 14.9 Å². The van der Waals surface area contributed by atoms with Gasteiger partial charge in [0, 0.05) is 20.4 Å². The molecule has 0 bridgehead atoms. The van der Waals surface area contributed by atoms with Gasteiger partial charge in [0.1, 0.15) is 11.4 Å². The fourth-order valence-corrected chi connectivity index (χ4v) is 2.87. The topological polar surface area (TPSA) is 99.1 Å². The second-order valence-corrected chi connectivity index (χ2v) is 6.30. The van der Waals surface area contributed by atoms with E-state index in [9.17, 15) is 14.9 Å². The number of anilines is 1. The van der Waals surface area contributed by atoms with Crippen molar-refractivity contribution in [2.45, 2.75) is 0 Å². The van der Waals surface area contributed by atoms with Crippen LogP contribution < -0.4 is 5.73 Å². The molecule has 122 valence electrons. The molecule has 3 aromatic rings. The fourth-order valence-electron chi connectivity index (χ4n) is 1.93. The maximum absolute atomic E-state index is 10.4. The van der Waals surface area contributed by atoms with Gasteiger partial charge in [0.15, 0.2) is 6.29 Å². The molecule has 6 nitrogen and oxygen atoms in total. The number of nitro benzene ring substituents is 1. The van der Waals surface area contributed by atoms with Gasteiger partial charge in [-0.1, -0.05) is 28.1 Å². The lowest BCUT2D eigenvalue weighted by atomic mass is 10.2. The quantitative estimate of drug-likeness (QED) is 0.343. The van der Waals surface area contributed by atoms with Crippen LogP contribution in [0.2, 0.25) is 0 Å². The Balaban J connectivity index is 0.000000174. The van der Waals surface area contributed by atoms with Gasteiger partial charge in [-0.05, 0) is 46.3 Å². The molecule has 2 aromatic carbocycles. The van der Waals surface area contributed by atoms with Crippen LogP contribution in [0.5, 0.6) is 0 Å². The largest absolute Gasteiger partial charge is 0.384 e. The van der Waals surface area contributed by atoms with Crippen LogP contribution in [0.1, 0.15) is 10.4 Å². The third-order valence-corrected chi connectivity index (χ3v) is 4.43. The molecule has 1 aromatic heterocycles. The maximum Gasteiger partial charge on any atom is 0.281 e. The number of aldehydes is 1. The number of fused-ring (bicyclic) bond motifs is 1. The zero-order chi connectivity index (χ0) is 17.7. The Morgan fingerprint density at radius 1 is 1.04 bits per heavy atom. The summed E-state index contributed by atoms with van der Waals surface area (Å²) in [6, 6.07) is 14.0. The van der Waals surface area contributed by atoms with Crippen LogP contribution in [0, 0.1) is 10.1 Å². The Morgan fingerprint density at radius 2 is 1.71 bits per heavy atom. The molecular formula is C16H11Br2N3O3. The number of nitro groups is 1. The monoisotopic (exact) mass is 451 g/mol. The molecule has 2 N–H and O–H groups in total. The van der Waals surface area contributed by atoms with Gasteiger partial charge < -0.3 is 5.73 Å². The average Bonchev–Trinajstić information content (AvgIpc) is 2.55. The van der Waals surface area contributed by atoms with Crippen LogP contribution in [0.25, 0.3) is 10.9 Å². The van der Waals surface area contributed by atoms with Crippen LogP contribution in [0.4, 0.5) is 11.5 Å². The molecule has 24 heavy (non-hydrogen) atoms. The predicted molar refractivity (Wildman–Crippen MR) is 100 cm³/mol. The van der Waals surface area contributed by atoms with E-state index in [1.165, 1.54) is 12.1 Å². The van der Waals surface area contributed by atoms with Crippen molar-refractivity contribution in [2.75, 3.05) is 5.73 Å². The van der Waals surface area contributed by atoms with E-state index in [-0.39, 0.29) is 11.3 Å². The zero-order valence-electron chi connectivity index (χ0n) is 12.1. The van der Waals surface area contributed by atoms with Gasteiger partial charge in [-0.2, -0.15) is 0 Å². The van der Waals surface area contributed by atoms with Crippen molar-refractivity contribution in [3.05, 3.63) is 73.2 Å². The van der Waals surface area contributed by atoms with Crippen LogP contribution in [0.15, 0.2) is 57.5 Å². The molecule has 0 aliphatic heterocycles. The van der Waals surface area contributed by atoms with Crippen molar-refractivity contribution >= 4 is 60.6 Å². The highest BCUT2D eigenvalue weighted by Gasteiger charge is 2.14. The molecule has 0 unspecified atom stereocenters. The molecular weight excluding hydrogens is 442 g/mol. The molecule has 8 heteroatoms. The Kier molecular flexibility index (Phi) is 5.99. The van der Waals surface area contributed by atoms with Crippen molar-refractivity contribution in [1.82, 2.24) is 4.98 Å². The van der Waals surface area contributed by atoms with Crippen LogP contribution >= 0.6 is 31.9 Å². The van der Waals surface area contributed by atoms with E-state index >= 15 is 0 Å². The van der Waals surface area contributed by atoms with Gasteiger partial charge in [-0.25, -0.2) is 4.98 Å². The zero-order valence-corrected chi connectivity index (χ0v) is 15.3. The number of hydrogen-bond acceptors (Lipinski definition) is 5. The molecule has 0 radical (unpaired) electrons. The molecule has 3 rings (SSSR count). The minimum atomic E-state index is -0.589. The summed E-state index contributed by atoms with van der Waals surface area (Å²) in [5.41, 5.74) is 6.36. The lowest BCUT2D eigenvalue weighted by Gasteiger charge is -1.99. The number of hydrogen-bond donors (Lipinski definition) is 1. The molecule has 0 spiro atoms. The van der Waals surface area contributed by atoms with Crippen molar-refractivity contribution in [3.8, 4) is 0 Å². The Morgan fingerprint density at radius 3 is 2.33 bits per heavy atom. The molecule has 0 amide bonds. The van der Waals surface area contributed by atoms with E-state index in [1.807, 2.05) is 24.3 Å². The number of halogens is 2. The summed E-state index contributed by atoms with van der Waals surface area (Å²) < 4.78 is 1.49. The van der Waals surface area contributed by atoms with E-state index in [0.29, 0.717) is 16.6 Å². The number of nitrogens with zero attached hydrogens (tertiary/aromatic N) is 2. The molecule has 0 saturated heterocycles. The van der Waals surface area contributed by atoms with Crippen molar-refractivity contribution in [1.29, 1.82) is 0 Å². The third-order valence-electron chi connectivity index (χ3n) is 3.04. The first-order valence-corrected chi connectivity index (χ1v) is 8.21. The van der Waals surface area contributed by atoms with E-state index in [2.05, 4.69) is 36.8 Å². The molecule has 0 fully saturated rings. The fraction of sp³-hybridized carbons (Fsp3) is 0. The summed E-state index contributed by atoms with van der Waals surface area (Å²) in [4.78, 5) is 24.4. The number of rotatable bonds is 2. The Labute approximate surface area is 154 Å². The minimum absolute atomic E-state index is 0.0718. The van der Waals surface area contributed by atoms with E-state index < -0.39 is 4.92 Å². The lowest BCUT2D eigenvalue weighted by Crippen LogP contribution is -1.94. The van der Waals surface area contributed by atoms with E-state index in [0.717, 1.165) is 15.4 Å². The first-order chi connectivity index (χ1) is 11.4. The maximum atomic E-state index is 10.4. The summed E-state index contributed by atoms with van der Waals surface area (Å²) in [6.45, 7) is 0. The third kappa shape index (κ3) is 4.15. The summed E-state index contributed by atoms with van der Waals surface area (Å²) in [7, 11) is 0. The van der Waals surface area contributed by atoms with Gasteiger partial charge in [0.2, 0.25) is 0 Å². The number of carbonyl (C=O) groups is 1.